The Morgan fingerprint density at radius 3 is 2.78 bits per heavy atom. The molecule has 1 atom stereocenters. The Bertz CT molecular complexity index is 681. The van der Waals surface area contributed by atoms with E-state index in [1.54, 1.807) is 6.92 Å². The van der Waals surface area contributed by atoms with Crippen LogP contribution in [0.15, 0.2) is 23.1 Å². The van der Waals surface area contributed by atoms with Crippen molar-refractivity contribution in [2.75, 3.05) is 19.7 Å². The number of hydrogen-bond donors (Lipinski definition) is 1. The number of sulfonamides is 1. The van der Waals surface area contributed by atoms with Gasteiger partial charge in [0.2, 0.25) is 10.0 Å². The van der Waals surface area contributed by atoms with Gasteiger partial charge >= 0.3 is 6.09 Å². The maximum Gasteiger partial charge on any atom is 0.407 e. The molecular formula is C14H18F2N2O4S. The van der Waals surface area contributed by atoms with Gasteiger partial charge in [-0.05, 0) is 38.0 Å². The maximum absolute atomic E-state index is 13.3. The van der Waals surface area contributed by atoms with Crippen molar-refractivity contribution in [3.8, 4) is 0 Å². The first-order chi connectivity index (χ1) is 10.8. The third kappa shape index (κ3) is 4.17. The number of hydrogen-bond acceptors (Lipinski definition) is 4. The van der Waals surface area contributed by atoms with Crippen LogP contribution in [0.3, 0.4) is 0 Å². The number of alkyl carbamates (subject to hydrolysis) is 1. The van der Waals surface area contributed by atoms with E-state index >= 15 is 0 Å². The fourth-order valence-corrected chi connectivity index (χ4v) is 3.94. The molecule has 0 aliphatic carbocycles. The molecule has 1 fully saturated rings. The summed E-state index contributed by atoms with van der Waals surface area (Å²) in [7, 11) is -3.95. The highest BCUT2D eigenvalue weighted by molar-refractivity contribution is 7.89. The lowest BCUT2D eigenvalue weighted by molar-refractivity contribution is 0.142. The number of ether oxygens (including phenoxy) is 1. The Labute approximate surface area is 133 Å². The molecule has 6 nitrogen and oxygen atoms in total. The van der Waals surface area contributed by atoms with Gasteiger partial charge in [0.25, 0.3) is 0 Å². The molecule has 0 spiro atoms. The average molecular weight is 348 g/mol. The number of piperidine rings is 1. The van der Waals surface area contributed by atoms with Crippen LogP contribution in [-0.4, -0.2) is 44.6 Å². The predicted molar refractivity (Wildman–Crippen MR) is 78.3 cm³/mol. The number of benzene rings is 1. The molecule has 0 bridgehead atoms. The SMILES string of the molecule is CCOC(=O)NC1CCCN(S(=O)(=O)c2ccc(F)c(F)c2)C1. The number of rotatable bonds is 4. The van der Waals surface area contributed by atoms with E-state index in [1.165, 1.54) is 0 Å². The highest BCUT2D eigenvalue weighted by Gasteiger charge is 2.31. The molecule has 0 radical (unpaired) electrons. The van der Waals surface area contributed by atoms with E-state index in [0.717, 1.165) is 16.4 Å². The minimum atomic E-state index is -3.95. The van der Waals surface area contributed by atoms with Gasteiger partial charge in [-0.2, -0.15) is 4.31 Å². The molecule has 1 saturated heterocycles. The van der Waals surface area contributed by atoms with E-state index in [9.17, 15) is 22.0 Å². The van der Waals surface area contributed by atoms with Gasteiger partial charge in [-0.15, -0.1) is 0 Å². The van der Waals surface area contributed by atoms with Gasteiger partial charge in [0.05, 0.1) is 11.5 Å². The number of carbonyl (C=O) groups is 1. The molecule has 9 heteroatoms. The van der Waals surface area contributed by atoms with Gasteiger partial charge in [0.1, 0.15) is 0 Å². The molecule has 1 heterocycles. The minimum absolute atomic E-state index is 0.0557. The highest BCUT2D eigenvalue weighted by Crippen LogP contribution is 2.22. The lowest BCUT2D eigenvalue weighted by Gasteiger charge is -2.32. The Hall–Kier alpha value is -1.74. The summed E-state index contributed by atoms with van der Waals surface area (Å²) in [6.45, 7) is 2.19. The predicted octanol–water partition coefficient (Wildman–Crippen LogP) is 1.86. The molecule has 1 aromatic rings. The van der Waals surface area contributed by atoms with Crippen LogP contribution in [-0.2, 0) is 14.8 Å². The van der Waals surface area contributed by atoms with Crippen LogP contribution >= 0.6 is 0 Å². The molecular weight excluding hydrogens is 330 g/mol. The average Bonchev–Trinajstić information content (AvgIpc) is 2.50. The van der Waals surface area contributed by atoms with Crippen molar-refractivity contribution >= 4 is 16.1 Å². The second-order valence-corrected chi connectivity index (χ2v) is 7.08. The van der Waals surface area contributed by atoms with Crippen LogP contribution in [0.5, 0.6) is 0 Å². The minimum Gasteiger partial charge on any atom is -0.450 e. The third-order valence-electron chi connectivity index (χ3n) is 3.51. The highest BCUT2D eigenvalue weighted by atomic mass is 32.2. The standard InChI is InChI=1S/C14H18F2N2O4S/c1-2-22-14(19)17-10-4-3-7-18(9-10)23(20,21)11-5-6-12(15)13(16)8-11/h5-6,8,10H,2-4,7,9H2,1H3,(H,17,19). The Kier molecular flexibility index (Phi) is 5.53. The normalized spacial score (nSPS) is 19.3. The Balaban J connectivity index is 2.12. The summed E-state index contributed by atoms with van der Waals surface area (Å²) >= 11 is 0. The van der Waals surface area contributed by atoms with E-state index < -0.39 is 27.8 Å². The largest absolute Gasteiger partial charge is 0.450 e. The summed E-state index contributed by atoms with van der Waals surface area (Å²) in [4.78, 5) is 11.1. The second-order valence-electron chi connectivity index (χ2n) is 5.14. The van der Waals surface area contributed by atoms with E-state index in [4.69, 9.17) is 4.74 Å². The molecule has 1 aromatic carbocycles. The quantitative estimate of drug-likeness (QED) is 0.901. The smallest absolute Gasteiger partial charge is 0.407 e. The zero-order valence-corrected chi connectivity index (χ0v) is 13.4. The van der Waals surface area contributed by atoms with Crippen molar-refractivity contribution in [2.24, 2.45) is 0 Å². The third-order valence-corrected chi connectivity index (χ3v) is 5.37. The van der Waals surface area contributed by atoms with Crippen molar-refractivity contribution in [2.45, 2.75) is 30.7 Å². The lowest BCUT2D eigenvalue weighted by Crippen LogP contribution is -2.49. The van der Waals surface area contributed by atoms with Crippen molar-refractivity contribution in [3.63, 3.8) is 0 Å². The molecule has 1 unspecified atom stereocenters. The van der Waals surface area contributed by atoms with Gasteiger partial charge in [0.15, 0.2) is 11.6 Å². The first-order valence-electron chi connectivity index (χ1n) is 7.23. The topological polar surface area (TPSA) is 75.7 Å². The molecule has 0 saturated carbocycles. The van der Waals surface area contributed by atoms with E-state index in [-0.39, 0.29) is 30.6 Å². The molecule has 128 valence electrons. The van der Waals surface area contributed by atoms with Crippen molar-refractivity contribution in [1.82, 2.24) is 9.62 Å². The first-order valence-corrected chi connectivity index (χ1v) is 8.67. The van der Waals surface area contributed by atoms with Crippen molar-refractivity contribution in [3.05, 3.63) is 29.8 Å². The molecule has 0 aromatic heterocycles. The number of halogens is 2. The summed E-state index contributed by atoms with van der Waals surface area (Å²) in [6.07, 6.45) is 0.548. The molecule has 1 aliphatic heterocycles. The fraction of sp³-hybridized carbons (Fsp3) is 0.500. The molecule has 23 heavy (non-hydrogen) atoms. The monoisotopic (exact) mass is 348 g/mol. The van der Waals surface area contributed by atoms with Crippen LogP contribution in [0.25, 0.3) is 0 Å². The molecule has 2 rings (SSSR count). The van der Waals surface area contributed by atoms with Crippen molar-refractivity contribution < 1.29 is 26.7 Å². The number of amides is 1. The number of nitrogens with one attached hydrogen (secondary N) is 1. The van der Waals surface area contributed by atoms with Gasteiger partial charge in [-0.25, -0.2) is 22.0 Å². The van der Waals surface area contributed by atoms with Crippen LogP contribution in [0.4, 0.5) is 13.6 Å². The van der Waals surface area contributed by atoms with Crippen LogP contribution < -0.4 is 5.32 Å². The van der Waals surface area contributed by atoms with E-state index in [1.807, 2.05) is 0 Å². The Morgan fingerprint density at radius 1 is 1.39 bits per heavy atom. The fourth-order valence-electron chi connectivity index (χ4n) is 2.40. The summed E-state index contributed by atoms with van der Waals surface area (Å²) in [5, 5.41) is 2.59. The van der Waals surface area contributed by atoms with Gasteiger partial charge in [0, 0.05) is 19.1 Å². The summed E-state index contributed by atoms with van der Waals surface area (Å²) in [6, 6.07) is 2.08. The first kappa shape index (κ1) is 17.6. The van der Waals surface area contributed by atoms with Gasteiger partial charge in [-0.1, -0.05) is 0 Å². The van der Waals surface area contributed by atoms with Crippen LogP contribution in [0.2, 0.25) is 0 Å². The second kappa shape index (κ2) is 7.22. The lowest BCUT2D eigenvalue weighted by atomic mass is 10.1. The van der Waals surface area contributed by atoms with Crippen LogP contribution in [0, 0.1) is 11.6 Å². The van der Waals surface area contributed by atoms with Crippen LogP contribution in [0.1, 0.15) is 19.8 Å². The van der Waals surface area contributed by atoms with E-state index in [0.29, 0.717) is 18.9 Å². The number of carbonyl (C=O) groups excluding carboxylic acids is 1. The zero-order valence-electron chi connectivity index (χ0n) is 12.6. The van der Waals surface area contributed by atoms with Gasteiger partial charge in [-0.3, -0.25) is 0 Å². The van der Waals surface area contributed by atoms with Crippen molar-refractivity contribution in [1.29, 1.82) is 0 Å². The van der Waals surface area contributed by atoms with Gasteiger partial charge < -0.3 is 10.1 Å². The van der Waals surface area contributed by atoms with E-state index in [2.05, 4.69) is 5.32 Å². The number of nitrogens with zero attached hydrogens (tertiary/aromatic N) is 1. The summed E-state index contributed by atoms with van der Waals surface area (Å²) in [5.74, 6) is -2.33. The molecule has 1 N–H and O–H groups in total. The maximum atomic E-state index is 13.3. The zero-order chi connectivity index (χ0) is 17.0. The molecule has 1 amide bonds. The Morgan fingerprint density at radius 2 is 2.13 bits per heavy atom. The molecule has 1 aliphatic rings. The summed E-state index contributed by atoms with van der Waals surface area (Å²) < 4.78 is 57.2. The summed E-state index contributed by atoms with van der Waals surface area (Å²) in [5.41, 5.74) is 0.